The lowest BCUT2D eigenvalue weighted by Crippen LogP contribution is -2.28. The van der Waals surface area contributed by atoms with E-state index in [1.54, 1.807) is 19.2 Å². The van der Waals surface area contributed by atoms with Crippen molar-refractivity contribution in [3.8, 4) is 0 Å². The smallest absolute Gasteiger partial charge is 0.277 e. The van der Waals surface area contributed by atoms with Gasteiger partial charge in [-0.05, 0) is 49.3 Å². The predicted molar refractivity (Wildman–Crippen MR) is 119 cm³/mol. The average Bonchev–Trinajstić information content (AvgIpc) is 2.75. The fourth-order valence-corrected chi connectivity index (χ4v) is 2.92. The van der Waals surface area contributed by atoms with Crippen LogP contribution in [-0.4, -0.2) is 37.6 Å². The monoisotopic (exact) mass is 396 g/mol. The van der Waals surface area contributed by atoms with E-state index < -0.39 is 0 Å². The predicted octanol–water partition coefficient (Wildman–Crippen LogP) is 4.55. The first-order chi connectivity index (χ1) is 14.1. The van der Waals surface area contributed by atoms with Crippen molar-refractivity contribution in [3.63, 3.8) is 0 Å². The molecule has 0 fully saturated rings. The fraction of sp³-hybridized carbons (Fsp3) is 0.333. The van der Waals surface area contributed by atoms with E-state index in [0.29, 0.717) is 31.0 Å². The Hall–Kier alpha value is -2.92. The number of hydroxylamine groups is 2. The van der Waals surface area contributed by atoms with Crippen LogP contribution in [0.15, 0.2) is 67.3 Å². The Morgan fingerprint density at radius 2 is 2.03 bits per heavy atom. The second-order valence-electron chi connectivity index (χ2n) is 6.62. The summed E-state index contributed by atoms with van der Waals surface area (Å²) in [5.41, 5.74) is 2.46. The van der Waals surface area contributed by atoms with Crippen molar-refractivity contribution in [3.05, 3.63) is 78.4 Å². The molecule has 0 aliphatic rings. The standard InChI is InChI=1S/C24H32N2O3/c1-5-8-11-20(6-2)18-21(14-16-25-19-27)15-17-29-26(4)24(28)23-13-10-9-12-22(23)7-3/h5-13,19,21H,2-3,14-18H2,1,4H3,(H,25,27)/b8-5-,20-11+. The number of nitrogens with zero attached hydrogens (tertiary/aromatic N) is 1. The molecule has 2 amide bonds. The maximum atomic E-state index is 12.6. The minimum absolute atomic E-state index is 0.209. The number of hydrogen-bond donors (Lipinski definition) is 1. The molecule has 0 aliphatic heterocycles. The van der Waals surface area contributed by atoms with Gasteiger partial charge in [-0.3, -0.25) is 14.4 Å². The van der Waals surface area contributed by atoms with Crippen LogP contribution in [0.25, 0.3) is 6.08 Å². The maximum absolute atomic E-state index is 12.6. The molecule has 1 aromatic carbocycles. The topological polar surface area (TPSA) is 58.6 Å². The highest BCUT2D eigenvalue weighted by Gasteiger charge is 2.16. The van der Waals surface area contributed by atoms with Crippen LogP contribution in [-0.2, 0) is 9.63 Å². The fourth-order valence-electron chi connectivity index (χ4n) is 2.92. The number of carbonyl (C=O) groups is 2. The van der Waals surface area contributed by atoms with Crippen molar-refractivity contribution in [2.75, 3.05) is 20.2 Å². The molecule has 1 unspecified atom stereocenters. The van der Waals surface area contributed by atoms with Crippen LogP contribution in [0.2, 0.25) is 0 Å². The molecule has 29 heavy (non-hydrogen) atoms. The summed E-state index contributed by atoms with van der Waals surface area (Å²) in [6.07, 6.45) is 12.6. The van der Waals surface area contributed by atoms with Gasteiger partial charge in [-0.2, -0.15) is 0 Å². The van der Waals surface area contributed by atoms with Crippen LogP contribution in [0.4, 0.5) is 0 Å². The van der Waals surface area contributed by atoms with E-state index in [2.05, 4.69) is 18.5 Å². The summed E-state index contributed by atoms with van der Waals surface area (Å²) in [4.78, 5) is 28.9. The Kier molecular flexibility index (Phi) is 11.8. The Morgan fingerprint density at radius 1 is 1.28 bits per heavy atom. The molecule has 1 rings (SSSR count). The Balaban J connectivity index is 2.67. The van der Waals surface area contributed by atoms with Gasteiger partial charge in [-0.25, -0.2) is 5.06 Å². The number of rotatable bonds is 14. The quantitative estimate of drug-likeness (QED) is 0.217. The normalized spacial score (nSPS) is 12.4. The molecule has 1 N–H and O–H groups in total. The van der Waals surface area contributed by atoms with Crippen LogP contribution in [0.1, 0.15) is 42.1 Å². The molecule has 1 aromatic rings. The van der Waals surface area contributed by atoms with E-state index in [1.807, 2.05) is 49.4 Å². The lowest BCUT2D eigenvalue weighted by atomic mass is 9.93. The van der Waals surface area contributed by atoms with E-state index in [0.717, 1.165) is 30.4 Å². The van der Waals surface area contributed by atoms with Gasteiger partial charge in [0.25, 0.3) is 5.91 Å². The first-order valence-electron chi connectivity index (χ1n) is 9.81. The van der Waals surface area contributed by atoms with Crippen molar-refractivity contribution in [1.29, 1.82) is 0 Å². The first kappa shape index (κ1) is 24.1. The van der Waals surface area contributed by atoms with Gasteiger partial charge >= 0.3 is 0 Å². The lowest BCUT2D eigenvalue weighted by molar-refractivity contribution is -0.110. The molecule has 0 saturated heterocycles. The van der Waals surface area contributed by atoms with E-state index >= 15 is 0 Å². The second kappa shape index (κ2) is 14.1. The van der Waals surface area contributed by atoms with Crippen LogP contribution in [0, 0.1) is 5.92 Å². The number of benzene rings is 1. The molecule has 5 heteroatoms. The molecule has 0 saturated carbocycles. The third kappa shape index (κ3) is 8.75. The average molecular weight is 397 g/mol. The molecule has 0 aliphatic carbocycles. The number of hydrogen-bond acceptors (Lipinski definition) is 3. The molecule has 1 atom stereocenters. The van der Waals surface area contributed by atoms with E-state index in [-0.39, 0.29) is 5.91 Å². The Bertz CT molecular complexity index is 737. The van der Waals surface area contributed by atoms with Gasteiger partial charge in [-0.15, -0.1) is 0 Å². The molecular weight excluding hydrogens is 364 g/mol. The van der Waals surface area contributed by atoms with Crippen LogP contribution < -0.4 is 5.32 Å². The van der Waals surface area contributed by atoms with Crippen molar-refractivity contribution >= 4 is 18.4 Å². The molecule has 0 heterocycles. The third-order valence-electron chi connectivity index (χ3n) is 4.58. The van der Waals surface area contributed by atoms with E-state index in [9.17, 15) is 9.59 Å². The van der Waals surface area contributed by atoms with E-state index in [4.69, 9.17) is 4.84 Å². The molecule has 0 aromatic heterocycles. The lowest BCUT2D eigenvalue weighted by Gasteiger charge is -2.21. The summed E-state index contributed by atoms with van der Waals surface area (Å²) in [5.74, 6) is 0.0837. The Labute approximate surface area is 174 Å². The Morgan fingerprint density at radius 3 is 2.69 bits per heavy atom. The SMILES string of the molecule is C=C/C(=C\C=C/C)CC(CCNC=O)CCON(C)C(=O)c1ccccc1C=C. The van der Waals surface area contributed by atoms with Gasteiger partial charge < -0.3 is 5.32 Å². The van der Waals surface area contributed by atoms with Gasteiger partial charge in [0.05, 0.1) is 6.61 Å². The third-order valence-corrected chi connectivity index (χ3v) is 4.58. The van der Waals surface area contributed by atoms with Crippen molar-refractivity contribution < 1.29 is 14.4 Å². The van der Waals surface area contributed by atoms with E-state index in [1.165, 1.54) is 5.06 Å². The van der Waals surface area contributed by atoms with Crippen LogP contribution in [0.3, 0.4) is 0 Å². The summed E-state index contributed by atoms with van der Waals surface area (Å²) in [6, 6.07) is 7.29. The largest absolute Gasteiger partial charge is 0.359 e. The summed E-state index contributed by atoms with van der Waals surface area (Å²) in [7, 11) is 1.62. The van der Waals surface area contributed by atoms with Gasteiger partial charge in [0.2, 0.25) is 6.41 Å². The highest BCUT2D eigenvalue weighted by Crippen LogP contribution is 2.20. The molecule has 0 bridgehead atoms. The number of carbonyl (C=O) groups excluding carboxylic acids is 2. The summed E-state index contributed by atoms with van der Waals surface area (Å²) in [5, 5.41) is 3.98. The first-order valence-corrected chi connectivity index (χ1v) is 9.81. The highest BCUT2D eigenvalue weighted by molar-refractivity contribution is 5.96. The number of nitrogens with one attached hydrogen (secondary N) is 1. The zero-order valence-corrected chi connectivity index (χ0v) is 17.5. The zero-order chi connectivity index (χ0) is 21.5. The summed E-state index contributed by atoms with van der Waals surface area (Å²) >= 11 is 0. The second-order valence-corrected chi connectivity index (χ2v) is 6.62. The van der Waals surface area contributed by atoms with Crippen molar-refractivity contribution in [1.82, 2.24) is 10.4 Å². The summed E-state index contributed by atoms with van der Waals surface area (Å²) in [6.45, 7) is 10.6. The molecular formula is C24H32N2O3. The molecule has 0 spiro atoms. The highest BCUT2D eigenvalue weighted by atomic mass is 16.7. The van der Waals surface area contributed by atoms with Crippen molar-refractivity contribution in [2.45, 2.75) is 26.2 Å². The van der Waals surface area contributed by atoms with Gasteiger partial charge in [0, 0.05) is 19.2 Å². The molecule has 5 nitrogen and oxygen atoms in total. The number of amides is 2. The number of allylic oxidation sites excluding steroid dienone is 5. The van der Waals surface area contributed by atoms with Crippen molar-refractivity contribution in [2.24, 2.45) is 5.92 Å². The van der Waals surface area contributed by atoms with Crippen LogP contribution in [0.5, 0.6) is 0 Å². The minimum Gasteiger partial charge on any atom is -0.359 e. The van der Waals surface area contributed by atoms with Crippen LogP contribution >= 0.6 is 0 Å². The minimum atomic E-state index is -0.209. The maximum Gasteiger partial charge on any atom is 0.277 e. The van der Waals surface area contributed by atoms with Gasteiger partial charge in [-0.1, -0.05) is 61.7 Å². The zero-order valence-electron chi connectivity index (χ0n) is 17.5. The molecule has 156 valence electrons. The van der Waals surface area contributed by atoms with Gasteiger partial charge in [0.15, 0.2) is 0 Å². The van der Waals surface area contributed by atoms with Gasteiger partial charge in [0.1, 0.15) is 0 Å². The molecule has 0 radical (unpaired) electrons. The summed E-state index contributed by atoms with van der Waals surface area (Å²) < 4.78 is 0.